The van der Waals surface area contributed by atoms with E-state index in [0.717, 1.165) is 6.42 Å². The van der Waals surface area contributed by atoms with E-state index in [1.165, 1.54) is 27.8 Å². The van der Waals surface area contributed by atoms with Crippen molar-refractivity contribution in [3.05, 3.63) is 84.0 Å². The predicted octanol–water partition coefficient (Wildman–Crippen LogP) is 5.96. The minimum atomic E-state index is -0.656. The van der Waals surface area contributed by atoms with Gasteiger partial charge in [-0.2, -0.15) is 0 Å². The number of rotatable bonds is 5. The van der Waals surface area contributed by atoms with E-state index < -0.39 is 17.4 Å². The molecule has 1 fully saturated rings. The van der Waals surface area contributed by atoms with Gasteiger partial charge in [0, 0.05) is 11.8 Å². The highest BCUT2D eigenvalue weighted by atomic mass is 16.7. The summed E-state index contributed by atoms with van der Waals surface area (Å²) in [7, 11) is 0. The Kier molecular flexibility index (Phi) is 5.86. The molecule has 178 valence electrons. The van der Waals surface area contributed by atoms with Crippen molar-refractivity contribution >= 4 is 6.09 Å². The molecular formula is C29H33NO4. The molecule has 0 unspecified atom stereocenters. The van der Waals surface area contributed by atoms with Crippen LogP contribution in [-0.4, -0.2) is 36.7 Å². The van der Waals surface area contributed by atoms with Crippen LogP contribution in [0.4, 0.5) is 4.79 Å². The predicted molar refractivity (Wildman–Crippen MR) is 133 cm³/mol. The molecule has 1 aliphatic heterocycles. The topological polar surface area (TPSA) is 56.8 Å². The van der Waals surface area contributed by atoms with Crippen molar-refractivity contribution < 1.29 is 19.0 Å². The van der Waals surface area contributed by atoms with Gasteiger partial charge in [-0.15, -0.1) is 6.58 Å². The Hall–Kier alpha value is -2.89. The Morgan fingerprint density at radius 2 is 1.79 bits per heavy atom. The third-order valence-corrected chi connectivity index (χ3v) is 7.51. The van der Waals surface area contributed by atoms with Crippen LogP contribution in [0, 0.1) is 5.92 Å². The van der Waals surface area contributed by atoms with E-state index >= 15 is 0 Å². The molecule has 0 bridgehead atoms. The van der Waals surface area contributed by atoms with Gasteiger partial charge < -0.3 is 19.5 Å². The maximum Gasteiger partial charge on any atom is 0.407 e. The number of fused-ring (bicyclic) bond motifs is 3. The largest absolute Gasteiger partial charge is 0.449 e. The van der Waals surface area contributed by atoms with Gasteiger partial charge in [-0.05, 0) is 55.9 Å². The first-order chi connectivity index (χ1) is 16.3. The van der Waals surface area contributed by atoms with Gasteiger partial charge in [0.25, 0.3) is 0 Å². The Balaban J connectivity index is 1.33. The highest BCUT2D eigenvalue weighted by molar-refractivity contribution is 5.79. The van der Waals surface area contributed by atoms with Gasteiger partial charge in [0.15, 0.2) is 5.79 Å². The Morgan fingerprint density at radius 1 is 1.15 bits per heavy atom. The smallest absolute Gasteiger partial charge is 0.407 e. The number of ether oxygens (including phenoxy) is 3. The van der Waals surface area contributed by atoms with E-state index in [1.54, 1.807) is 0 Å². The summed E-state index contributed by atoms with van der Waals surface area (Å²) < 4.78 is 17.9. The number of alkyl carbamates (subject to hydrolysis) is 1. The second-order valence-electron chi connectivity index (χ2n) is 10.1. The van der Waals surface area contributed by atoms with Gasteiger partial charge >= 0.3 is 6.09 Å². The zero-order chi connectivity index (χ0) is 23.9. The van der Waals surface area contributed by atoms with Crippen LogP contribution in [0.15, 0.2) is 72.8 Å². The lowest BCUT2D eigenvalue weighted by Crippen LogP contribution is -2.57. The van der Waals surface area contributed by atoms with E-state index in [4.69, 9.17) is 14.2 Å². The summed E-state index contributed by atoms with van der Waals surface area (Å²) in [6, 6.07) is 16.7. The minimum absolute atomic E-state index is 0.0113. The highest BCUT2D eigenvalue weighted by Gasteiger charge is 2.48. The van der Waals surface area contributed by atoms with Crippen LogP contribution in [0.5, 0.6) is 0 Å². The van der Waals surface area contributed by atoms with Crippen molar-refractivity contribution in [3.63, 3.8) is 0 Å². The maximum absolute atomic E-state index is 13.2. The van der Waals surface area contributed by atoms with Gasteiger partial charge in [0.1, 0.15) is 6.61 Å². The zero-order valence-corrected chi connectivity index (χ0v) is 20.2. The minimum Gasteiger partial charge on any atom is -0.449 e. The number of carbonyl (C=O) groups is 1. The van der Waals surface area contributed by atoms with Crippen molar-refractivity contribution in [2.45, 2.75) is 57.0 Å². The summed E-state index contributed by atoms with van der Waals surface area (Å²) >= 11 is 0. The van der Waals surface area contributed by atoms with Crippen LogP contribution in [0.2, 0.25) is 0 Å². The molecule has 5 heteroatoms. The van der Waals surface area contributed by atoms with Crippen molar-refractivity contribution in [3.8, 4) is 11.1 Å². The number of amides is 1. The number of hydrogen-bond donors (Lipinski definition) is 1. The standard InChI is InChI=1S/C29H33NO4/c1-5-29(15-14-19(2)16-25(29)26-18-33-28(3,4)34-26)30-27(31)32-17-24-22-12-8-6-10-20(22)21-11-7-9-13-23(21)24/h5-14,24-26H,1,15-18H2,2-4H3,(H,30,31)/t25-,26-,29+/m1/s1. The van der Waals surface area contributed by atoms with Gasteiger partial charge in [-0.3, -0.25) is 0 Å². The monoisotopic (exact) mass is 459 g/mol. The molecule has 2 aromatic carbocycles. The summed E-state index contributed by atoms with van der Waals surface area (Å²) in [6.07, 6.45) is 4.90. The number of carbonyl (C=O) groups excluding carboxylic acids is 1. The van der Waals surface area contributed by atoms with Gasteiger partial charge in [0.05, 0.1) is 18.2 Å². The summed E-state index contributed by atoms with van der Waals surface area (Å²) in [6.45, 7) is 10.8. The molecule has 34 heavy (non-hydrogen) atoms. The molecule has 2 aromatic rings. The second kappa shape index (κ2) is 8.71. The number of allylic oxidation sites excluding steroid dienone is 1. The van der Waals surface area contributed by atoms with E-state index in [0.29, 0.717) is 13.0 Å². The molecule has 0 saturated carbocycles. The van der Waals surface area contributed by atoms with E-state index in [2.05, 4.69) is 49.2 Å². The van der Waals surface area contributed by atoms with Crippen molar-refractivity contribution in [1.29, 1.82) is 0 Å². The van der Waals surface area contributed by atoms with Gasteiger partial charge in [-0.1, -0.05) is 66.3 Å². The van der Waals surface area contributed by atoms with Gasteiger partial charge in [-0.25, -0.2) is 4.79 Å². The molecule has 1 heterocycles. The van der Waals surface area contributed by atoms with Crippen LogP contribution >= 0.6 is 0 Å². The molecule has 1 N–H and O–H groups in total. The summed E-state index contributed by atoms with van der Waals surface area (Å²) in [5.74, 6) is -0.595. The first-order valence-corrected chi connectivity index (χ1v) is 12.1. The average molecular weight is 460 g/mol. The quantitative estimate of drug-likeness (QED) is 0.561. The molecule has 2 aliphatic carbocycles. The lowest BCUT2D eigenvalue weighted by Gasteiger charge is -2.43. The summed E-state index contributed by atoms with van der Waals surface area (Å²) in [5, 5.41) is 3.17. The van der Waals surface area contributed by atoms with Gasteiger partial charge in [0.2, 0.25) is 0 Å². The average Bonchev–Trinajstić information content (AvgIpc) is 3.36. The van der Waals surface area contributed by atoms with E-state index in [-0.39, 0.29) is 24.5 Å². The first-order valence-electron chi connectivity index (χ1n) is 12.1. The summed E-state index contributed by atoms with van der Waals surface area (Å²) in [5.41, 5.74) is 5.44. The first kappa shape index (κ1) is 22.9. The highest BCUT2D eigenvalue weighted by Crippen LogP contribution is 2.45. The third kappa shape index (κ3) is 4.08. The molecule has 0 radical (unpaired) electrons. The lowest BCUT2D eigenvalue weighted by atomic mass is 9.71. The maximum atomic E-state index is 13.2. The number of nitrogens with one attached hydrogen (secondary N) is 1. The SMILES string of the molecule is C=C[C@]1(NC(=O)OCC2c3ccccc3-c3ccccc32)CC=C(C)C[C@@H]1[C@H]1COC(C)(C)O1. The zero-order valence-electron chi connectivity index (χ0n) is 20.2. The second-order valence-corrected chi connectivity index (χ2v) is 10.1. The number of benzene rings is 2. The number of hydrogen-bond acceptors (Lipinski definition) is 4. The van der Waals surface area contributed by atoms with Crippen molar-refractivity contribution in [2.24, 2.45) is 5.92 Å². The molecule has 1 amide bonds. The molecule has 3 atom stereocenters. The Morgan fingerprint density at radius 3 is 2.38 bits per heavy atom. The normalized spacial score (nSPS) is 27.4. The van der Waals surface area contributed by atoms with E-state index in [9.17, 15) is 4.79 Å². The van der Waals surface area contributed by atoms with E-state index in [1.807, 2.05) is 44.2 Å². The van der Waals surface area contributed by atoms with Crippen molar-refractivity contribution in [1.82, 2.24) is 5.32 Å². The van der Waals surface area contributed by atoms with Crippen LogP contribution in [-0.2, 0) is 14.2 Å². The fourth-order valence-electron chi connectivity index (χ4n) is 5.74. The molecule has 0 aromatic heterocycles. The lowest BCUT2D eigenvalue weighted by molar-refractivity contribution is -0.147. The van der Waals surface area contributed by atoms with Crippen LogP contribution in [0.1, 0.15) is 50.7 Å². The van der Waals surface area contributed by atoms with Crippen LogP contribution in [0.3, 0.4) is 0 Å². The fraction of sp³-hybridized carbons (Fsp3) is 0.414. The fourth-order valence-corrected chi connectivity index (χ4v) is 5.74. The molecule has 5 rings (SSSR count). The molecule has 3 aliphatic rings. The van der Waals surface area contributed by atoms with Crippen LogP contribution in [0.25, 0.3) is 11.1 Å². The Bertz CT molecular complexity index is 1090. The summed E-state index contributed by atoms with van der Waals surface area (Å²) in [4.78, 5) is 13.2. The molecule has 1 saturated heterocycles. The van der Waals surface area contributed by atoms with Crippen LogP contribution < -0.4 is 5.32 Å². The third-order valence-electron chi connectivity index (χ3n) is 7.51. The molecule has 5 nitrogen and oxygen atoms in total. The Labute approximate surface area is 201 Å². The van der Waals surface area contributed by atoms with Crippen molar-refractivity contribution in [2.75, 3.05) is 13.2 Å². The molecular weight excluding hydrogens is 426 g/mol. The molecule has 0 spiro atoms.